The summed E-state index contributed by atoms with van der Waals surface area (Å²) in [5, 5.41) is 12.0. The lowest BCUT2D eigenvalue weighted by atomic mass is 9.89. The number of H-pyrrole nitrogens is 1. The molecule has 2 aliphatic rings. The first-order valence-corrected chi connectivity index (χ1v) is 14.3. The second-order valence-electron chi connectivity index (χ2n) is 12.2. The topological polar surface area (TPSA) is 149 Å². The third-order valence-corrected chi connectivity index (χ3v) is 7.71. The molecule has 1 aliphatic heterocycles. The molecular weight excluding hydrogens is 510 g/mol. The zero-order chi connectivity index (χ0) is 28.9. The zero-order valence-electron chi connectivity index (χ0n) is 23.6. The molecule has 3 atom stereocenters. The maximum Gasteiger partial charge on any atom is 0.290 e. The van der Waals surface area contributed by atoms with E-state index in [1.807, 2.05) is 24.3 Å². The van der Waals surface area contributed by atoms with Crippen LogP contribution in [0, 0.1) is 11.8 Å². The average molecular weight is 552 g/mol. The molecule has 216 valence electrons. The highest BCUT2D eigenvalue weighted by atomic mass is 16.2. The molecule has 4 rings (SSSR count). The van der Waals surface area contributed by atoms with Crippen LogP contribution >= 0.6 is 0 Å². The Morgan fingerprint density at radius 3 is 2.35 bits per heavy atom. The maximum atomic E-state index is 13.7. The number of carbonyl (C=O) groups is 5. The van der Waals surface area contributed by atoms with Crippen molar-refractivity contribution in [2.24, 2.45) is 11.8 Å². The molecule has 2 heterocycles. The summed E-state index contributed by atoms with van der Waals surface area (Å²) < 4.78 is 0. The minimum Gasteiger partial charge on any atom is -0.356 e. The summed E-state index contributed by atoms with van der Waals surface area (Å²) in [5.74, 6) is -3.00. The van der Waals surface area contributed by atoms with Crippen molar-refractivity contribution in [1.82, 2.24) is 26.3 Å². The number of hydrogen-bond acceptors (Lipinski definition) is 5. The Bertz CT molecular complexity index is 1220. The lowest BCUT2D eigenvalue weighted by Gasteiger charge is -2.29. The smallest absolute Gasteiger partial charge is 0.290 e. The third kappa shape index (κ3) is 7.70. The number of para-hydroxylation sites is 1. The summed E-state index contributed by atoms with van der Waals surface area (Å²) in [6, 6.07) is 7.16. The van der Waals surface area contributed by atoms with Crippen molar-refractivity contribution in [3.8, 4) is 0 Å². The van der Waals surface area contributed by atoms with Crippen LogP contribution in [0.25, 0.3) is 10.9 Å². The standard InChI is InChI=1S/C30H41N5O5/c1-30(2,3)35-29(40)25(36)22(17-20-12-8-14-31-26(20)37)33-27(38)23(15-18-9-4-5-10-18)34-28(39)24-16-19-11-6-7-13-21(19)32-24/h6-7,11,13,16,18,20,22-23,32H,4-5,8-10,12,14-15,17H2,1-3H3,(H,31,37)(H,33,38)(H,34,39)(H,35,40)/t20-,22-,23-/m0/s1. The molecule has 0 bridgehead atoms. The van der Waals surface area contributed by atoms with Crippen molar-refractivity contribution in [1.29, 1.82) is 0 Å². The quantitative estimate of drug-likeness (QED) is 0.288. The number of nitrogens with one attached hydrogen (secondary N) is 5. The molecule has 1 saturated heterocycles. The number of piperidine rings is 1. The van der Waals surface area contributed by atoms with Gasteiger partial charge >= 0.3 is 0 Å². The van der Waals surface area contributed by atoms with E-state index in [4.69, 9.17) is 0 Å². The van der Waals surface area contributed by atoms with Gasteiger partial charge in [0.1, 0.15) is 11.7 Å². The molecule has 5 N–H and O–H groups in total. The van der Waals surface area contributed by atoms with Gasteiger partial charge in [0.2, 0.25) is 17.6 Å². The fraction of sp³-hybridized carbons (Fsp3) is 0.567. The third-order valence-electron chi connectivity index (χ3n) is 7.71. The van der Waals surface area contributed by atoms with Gasteiger partial charge < -0.3 is 26.3 Å². The summed E-state index contributed by atoms with van der Waals surface area (Å²) in [6.07, 6.45) is 5.82. The van der Waals surface area contributed by atoms with E-state index in [0.717, 1.165) is 43.0 Å². The van der Waals surface area contributed by atoms with E-state index in [1.54, 1.807) is 26.8 Å². The van der Waals surface area contributed by atoms with Crippen LogP contribution in [0.1, 0.15) is 82.6 Å². The number of amides is 4. The van der Waals surface area contributed by atoms with Gasteiger partial charge in [-0.25, -0.2) is 0 Å². The van der Waals surface area contributed by atoms with Crippen LogP contribution in [0.2, 0.25) is 0 Å². The number of aromatic nitrogens is 1. The van der Waals surface area contributed by atoms with Gasteiger partial charge in [0.15, 0.2) is 0 Å². The predicted molar refractivity (Wildman–Crippen MR) is 151 cm³/mol. The molecular formula is C30H41N5O5. The van der Waals surface area contributed by atoms with Crippen molar-refractivity contribution in [2.45, 2.75) is 89.8 Å². The number of benzene rings is 1. The second-order valence-corrected chi connectivity index (χ2v) is 12.2. The molecule has 4 amide bonds. The maximum absolute atomic E-state index is 13.7. The van der Waals surface area contributed by atoms with Crippen molar-refractivity contribution in [3.05, 3.63) is 36.0 Å². The van der Waals surface area contributed by atoms with Gasteiger partial charge in [0, 0.05) is 28.9 Å². The SMILES string of the molecule is CC(C)(C)NC(=O)C(=O)[C@H](C[C@@H]1CCCNC1=O)NC(=O)[C@H](CC1CCCC1)NC(=O)c1cc2ccccc2[nH]1. The van der Waals surface area contributed by atoms with Crippen LogP contribution in [0.3, 0.4) is 0 Å². The zero-order valence-corrected chi connectivity index (χ0v) is 23.6. The van der Waals surface area contributed by atoms with E-state index in [-0.39, 0.29) is 18.2 Å². The fourth-order valence-corrected chi connectivity index (χ4v) is 5.65. The highest BCUT2D eigenvalue weighted by molar-refractivity contribution is 6.38. The Kier molecular flexibility index (Phi) is 9.27. The molecule has 1 saturated carbocycles. The van der Waals surface area contributed by atoms with Crippen molar-refractivity contribution >= 4 is 40.3 Å². The first kappa shape index (κ1) is 29.3. The van der Waals surface area contributed by atoms with Crippen molar-refractivity contribution in [3.63, 3.8) is 0 Å². The normalized spacial score (nSPS) is 19.5. The van der Waals surface area contributed by atoms with Crippen LogP contribution in [0.4, 0.5) is 0 Å². The molecule has 0 spiro atoms. The number of aromatic amines is 1. The molecule has 10 heteroatoms. The van der Waals surface area contributed by atoms with Gasteiger partial charge in [-0.3, -0.25) is 24.0 Å². The van der Waals surface area contributed by atoms with E-state index in [0.29, 0.717) is 25.1 Å². The monoisotopic (exact) mass is 551 g/mol. The number of hydrogen-bond donors (Lipinski definition) is 5. The lowest BCUT2D eigenvalue weighted by Crippen LogP contribution is -2.56. The Morgan fingerprint density at radius 1 is 0.950 bits per heavy atom. The van der Waals surface area contributed by atoms with Gasteiger partial charge in [0.25, 0.3) is 11.8 Å². The van der Waals surface area contributed by atoms with Gasteiger partial charge in [-0.1, -0.05) is 43.9 Å². The molecule has 2 fully saturated rings. The van der Waals surface area contributed by atoms with Crippen LogP contribution < -0.4 is 21.3 Å². The summed E-state index contributed by atoms with van der Waals surface area (Å²) in [6.45, 7) is 5.85. The first-order valence-electron chi connectivity index (χ1n) is 14.3. The van der Waals surface area contributed by atoms with E-state index >= 15 is 0 Å². The minimum atomic E-state index is -1.19. The lowest BCUT2D eigenvalue weighted by molar-refractivity contribution is -0.142. The Balaban J connectivity index is 1.53. The average Bonchev–Trinajstić information content (AvgIpc) is 3.57. The summed E-state index contributed by atoms with van der Waals surface area (Å²) in [5.41, 5.74) is 0.495. The van der Waals surface area contributed by atoms with Crippen LogP contribution in [0.15, 0.2) is 30.3 Å². The molecule has 40 heavy (non-hydrogen) atoms. The minimum absolute atomic E-state index is 0.0140. The number of ketones is 1. The molecule has 1 aromatic heterocycles. The first-order chi connectivity index (χ1) is 19.0. The number of fused-ring (bicyclic) bond motifs is 1. The predicted octanol–water partition coefficient (Wildman–Crippen LogP) is 2.73. The number of rotatable bonds is 10. The molecule has 0 radical (unpaired) electrons. The molecule has 0 unspecified atom stereocenters. The number of carbonyl (C=O) groups excluding carboxylic acids is 5. The van der Waals surface area contributed by atoms with Crippen LogP contribution in [0.5, 0.6) is 0 Å². The summed E-state index contributed by atoms with van der Waals surface area (Å²) in [4.78, 5) is 68.6. The van der Waals surface area contributed by atoms with Crippen LogP contribution in [-0.2, 0) is 19.2 Å². The van der Waals surface area contributed by atoms with Crippen molar-refractivity contribution in [2.75, 3.05) is 6.54 Å². The van der Waals surface area contributed by atoms with Crippen molar-refractivity contribution < 1.29 is 24.0 Å². The van der Waals surface area contributed by atoms with E-state index in [1.165, 1.54) is 0 Å². The highest BCUT2D eigenvalue weighted by Gasteiger charge is 2.36. The van der Waals surface area contributed by atoms with Gasteiger partial charge in [0.05, 0.1) is 6.04 Å². The summed E-state index contributed by atoms with van der Waals surface area (Å²) >= 11 is 0. The largest absolute Gasteiger partial charge is 0.356 e. The highest BCUT2D eigenvalue weighted by Crippen LogP contribution is 2.29. The molecule has 1 aromatic carbocycles. The van der Waals surface area contributed by atoms with E-state index in [9.17, 15) is 24.0 Å². The fourth-order valence-electron chi connectivity index (χ4n) is 5.65. The Hall–Kier alpha value is -3.69. The second kappa shape index (κ2) is 12.7. The Morgan fingerprint density at radius 2 is 1.68 bits per heavy atom. The molecule has 2 aromatic rings. The van der Waals surface area contributed by atoms with Crippen LogP contribution in [-0.4, -0.2) is 58.6 Å². The summed E-state index contributed by atoms with van der Waals surface area (Å²) in [7, 11) is 0. The van der Waals surface area contributed by atoms with Gasteiger partial charge in [-0.2, -0.15) is 0 Å². The number of Topliss-reactive ketones (excluding diaryl/α,β-unsaturated/α-hetero) is 1. The molecule has 10 nitrogen and oxygen atoms in total. The molecule has 1 aliphatic carbocycles. The van der Waals surface area contributed by atoms with Gasteiger partial charge in [-0.15, -0.1) is 0 Å². The van der Waals surface area contributed by atoms with Gasteiger partial charge in [-0.05, 0) is 64.5 Å². The van der Waals surface area contributed by atoms with E-state index < -0.39 is 47.0 Å². The van der Waals surface area contributed by atoms with E-state index in [2.05, 4.69) is 26.3 Å². The Labute approximate surface area is 234 Å².